The average molecular weight is 343 g/mol. The van der Waals surface area contributed by atoms with Crippen LogP contribution >= 0.6 is 11.3 Å². The van der Waals surface area contributed by atoms with Gasteiger partial charge in [-0.1, -0.05) is 24.3 Å². The van der Waals surface area contributed by atoms with Crippen LogP contribution in [-0.4, -0.2) is 34.7 Å². The number of aryl methyl sites for hydroxylation is 1. The minimum Gasteiger partial charge on any atom is -0.392 e. The molecule has 0 spiro atoms. The summed E-state index contributed by atoms with van der Waals surface area (Å²) in [5.41, 5.74) is 5.01. The van der Waals surface area contributed by atoms with Gasteiger partial charge in [0.05, 0.1) is 33.8 Å². The van der Waals surface area contributed by atoms with Crippen molar-refractivity contribution in [2.75, 3.05) is 6.54 Å². The van der Waals surface area contributed by atoms with Gasteiger partial charge in [0.25, 0.3) is 0 Å². The third-order valence-corrected chi connectivity index (χ3v) is 5.96. The van der Waals surface area contributed by atoms with Crippen molar-refractivity contribution in [3.8, 4) is 10.4 Å². The molecule has 1 amide bonds. The molecule has 2 aliphatic rings. The van der Waals surface area contributed by atoms with Crippen LogP contribution in [0.15, 0.2) is 29.8 Å². The van der Waals surface area contributed by atoms with Crippen LogP contribution in [0.3, 0.4) is 0 Å². The van der Waals surface area contributed by atoms with Gasteiger partial charge in [-0.15, -0.1) is 11.3 Å². The van der Waals surface area contributed by atoms with Crippen LogP contribution in [0.25, 0.3) is 10.4 Å². The van der Waals surface area contributed by atoms with Crippen molar-refractivity contribution < 1.29 is 9.90 Å². The van der Waals surface area contributed by atoms with Crippen LogP contribution < -0.4 is 10.6 Å². The van der Waals surface area contributed by atoms with E-state index in [1.807, 2.05) is 12.4 Å². The average Bonchev–Trinajstić information content (AvgIpc) is 3.01. The Balaban J connectivity index is 1.49. The zero-order valence-corrected chi connectivity index (χ0v) is 14.4. The topological polar surface area (TPSA) is 74.2 Å². The molecule has 3 N–H and O–H groups in total. The van der Waals surface area contributed by atoms with E-state index in [9.17, 15) is 9.90 Å². The normalized spacial score (nSPS) is 24.8. The molecule has 2 aromatic rings. The first-order valence-corrected chi connectivity index (χ1v) is 9.20. The Morgan fingerprint density at radius 3 is 2.67 bits per heavy atom. The molecule has 1 aromatic carbocycles. The lowest BCUT2D eigenvalue weighted by Crippen LogP contribution is -2.45. The van der Waals surface area contributed by atoms with E-state index in [4.69, 9.17) is 0 Å². The first-order valence-electron chi connectivity index (χ1n) is 8.32. The standard InChI is InChI=1S/C18H21N3O2S/c1-11-16(24-10-20-11)12-2-4-13(5-3-12)18(6-7-18)21-17(23)15-8-14(22)9-19-15/h2-5,10,14-15,19,22H,6-9H2,1H3,(H,21,23). The van der Waals surface area contributed by atoms with Crippen LogP contribution in [0.5, 0.6) is 0 Å². The van der Waals surface area contributed by atoms with Gasteiger partial charge in [-0.3, -0.25) is 4.79 Å². The van der Waals surface area contributed by atoms with Gasteiger partial charge in [0.15, 0.2) is 0 Å². The molecule has 1 aliphatic carbocycles. The van der Waals surface area contributed by atoms with Gasteiger partial charge in [0.2, 0.25) is 5.91 Å². The van der Waals surface area contributed by atoms with E-state index in [-0.39, 0.29) is 17.5 Å². The van der Waals surface area contributed by atoms with Crippen LogP contribution in [0.2, 0.25) is 0 Å². The molecular formula is C18H21N3O2S. The molecule has 1 aliphatic heterocycles. The molecule has 2 fully saturated rings. The molecule has 2 unspecified atom stereocenters. The number of thiazole rings is 1. The minimum atomic E-state index is -0.419. The number of hydrogen-bond donors (Lipinski definition) is 3. The predicted octanol–water partition coefficient (Wildman–Crippen LogP) is 1.95. The zero-order chi connectivity index (χ0) is 16.7. The highest BCUT2D eigenvalue weighted by Crippen LogP contribution is 2.46. The van der Waals surface area contributed by atoms with E-state index in [0.29, 0.717) is 13.0 Å². The molecule has 24 heavy (non-hydrogen) atoms. The van der Waals surface area contributed by atoms with E-state index >= 15 is 0 Å². The Bertz CT molecular complexity index is 752. The lowest BCUT2D eigenvalue weighted by atomic mass is 10.0. The van der Waals surface area contributed by atoms with Gasteiger partial charge < -0.3 is 15.7 Å². The number of carbonyl (C=O) groups is 1. The summed E-state index contributed by atoms with van der Waals surface area (Å²) >= 11 is 1.65. The summed E-state index contributed by atoms with van der Waals surface area (Å²) in [6, 6.07) is 8.16. The Hall–Kier alpha value is -1.76. The first kappa shape index (κ1) is 15.7. The maximum absolute atomic E-state index is 12.4. The second-order valence-corrected chi connectivity index (χ2v) is 7.62. The molecule has 1 aromatic heterocycles. The zero-order valence-electron chi connectivity index (χ0n) is 13.6. The lowest BCUT2D eigenvalue weighted by Gasteiger charge is -2.21. The highest BCUT2D eigenvalue weighted by atomic mass is 32.1. The number of hydrogen-bond acceptors (Lipinski definition) is 5. The van der Waals surface area contributed by atoms with Crippen molar-refractivity contribution in [1.82, 2.24) is 15.6 Å². The Morgan fingerprint density at radius 1 is 1.38 bits per heavy atom. The van der Waals surface area contributed by atoms with Gasteiger partial charge >= 0.3 is 0 Å². The highest BCUT2D eigenvalue weighted by molar-refractivity contribution is 7.13. The molecule has 2 atom stereocenters. The number of rotatable bonds is 4. The van der Waals surface area contributed by atoms with E-state index in [2.05, 4.69) is 39.9 Å². The van der Waals surface area contributed by atoms with E-state index in [1.54, 1.807) is 11.3 Å². The van der Waals surface area contributed by atoms with Crippen LogP contribution in [0.4, 0.5) is 0 Å². The summed E-state index contributed by atoms with van der Waals surface area (Å²) in [6.07, 6.45) is 2.00. The fourth-order valence-electron chi connectivity index (χ4n) is 3.37. The number of amides is 1. The number of carbonyl (C=O) groups excluding carboxylic acids is 1. The second kappa shape index (κ2) is 5.95. The molecule has 6 heteroatoms. The predicted molar refractivity (Wildman–Crippen MR) is 93.8 cm³/mol. The molecule has 0 radical (unpaired) electrons. The number of aliphatic hydroxyl groups excluding tert-OH is 1. The summed E-state index contributed by atoms with van der Waals surface area (Å²) in [5.74, 6) is -0.00794. The molecule has 1 saturated heterocycles. The summed E-state index contributed by atoms with van der Waals surface area (Å²) < 4.78 is 0. The van der Waals surface area contributed by atoms with Crippen molar-refractivity contribution in [1.29, 1.82) is 0 Å². The van der Waals surface area contributed by atoms with Crippen LogP contribution in [0, 0.1) is 6.92 Å². The number of aromatic nitrogens is 1. The third kappa shape index (κ3) is 2.85. The smallest absolute Gasteiger partial charge is 0.237 e. The van der Waals surface area contributed by atoms with Crippen molar-refractivity contribution in [2.45, 2.75) is 43.9 Å². The monoisotopic (exact) mass is 343 g/mol. The number of nitrogens with zero attached hydrogens (tertiary/aromatic N) is 1. The molecule has 2 heterocycles. The SMILES string of the molecule is Cc1ncsc1-c1ccc(C2(NC(=O)C3CC(O)CN3)CC2)cc1. The number of benzene rings is 1. The van der Waals surface area contributed by atoms with Gasteiger partial charge in [-0.2, -0.15) is 0 Å². The van der Waals surface area contributed by atoms with Crippen molar-refractivity contribution in [2.24, 2.45) is 0 Å². The van der Waals surface area contributed by atoms with Crippen LogP contribution in [-0.2, 0) is 10.3 Å². The minimum absolute atomic E-state index is 0.00794. The maximum atomic E-state index is 12.4. The summed E-state index contributed by atoms with van der Waals surface area (Å²) in [6.45, 7) is 2.51. The third-order valence-electron chi connectivity index (χ3n) is 4.98. The van der Waals surface area contributed by atoms with Gasteiger partial charge in [-0.05, 0) is 37.3 Å². The Labute approximate surface area is 145 Å². The van der Waals surface area contributed by atoms with Crippen molar-refractivity contribution >= 4 is 17.2 Å². The highest BCUT2D eigenvalue weighted by Gasteiger charge is 2.47. The van der Waals surface area contributed by atoms with Crippen molar-refractivity contribution in [3.05, 3.63) is 41.0 Å². The lowest BCUT2D eigenvalue weighted by molar-refractivity contribution is -0.124. The molecular weight excluding hydrogens is 322 g/mol. The van der Waals surface area contributed by atoms with E-state index < -0.39 is 6.10 Å². The number of nitrogens with one attached hydrogen (secondary N) is 2. The Kier molecular flexibility index (Phi) is 3.90. The number of aliphatic hydroxyl groups is 1. The number of β-amino-alcohol motifs (C(OH)–C–C–N with tert-alkyl or cyclic N) is 1. The quantitative estimate of drug-likeness (QED) is 0.793. The van der Waals surface area contributed by atoms with Gasteiger partial charge in [0, 0.05) is 6.54 Å². The molecule has 1 saturated carbocycles. The summed E-state index contributed by atoms with van der Waals surface area (Å²) in [5, 5.41) is 15.8. The van der Waals surface area contributed by atoms with Gasteiger partial charge in [0.1, 0.15) is 0 Å². The molecule has 5 nitrogen and oxygen atoms in total. The Morgan fingerprint density at radius 2 is 2.12 bits per heavy atom. The maximum Gasteiger partial charge on any atom is 0.237 e. The largest absolute Gasteiger partial charge is 0.392 e. The fourth-order valence-corrected chi connectivity index (χ4v) is 4.18. The molecule has 4 rings (SSSR count). The van der Waals surface area contributed by atoms with Gasteiger partial charge in [-0.25, -0.2) is 4.98 Å². The van der Waals surface area contributed by atoms with E-state index in [0.717, 1.165) is 24.1 Å². The van der Waals surface area contributed by atoms with Crippen molar-refractivity contribution in [3.63, 3.8) is 0 Å². The van der Waals surface area contributed by atoms with E-state index in [1.165, 1.54) is 10.4 Å². The summed E-state index contributed by atoms with van der Waals surface area (Å²) in [7, 11) is 0. The summed E-state index contributed by atoms with van der Waals surface area (Å²) in [4.78, 5) is 17.9. The first-order chi connectivity index (χ1) is 11.6. The molecule has 126 valence electrons. The molecule has 0 bridgehead atoms. The van der Waals surface area contributed by atoms with Crippen LogP contribution in [0.1, 0.15) is 30.5 Å². The second-order valence-electron chi connectivity index (χ2n) is 6.77. The fraction of sp³-hybridized carbons (Fsp3) is 0.444.